The molecule has 5 heteroatoms. The molecule has 100 valence electrons. The van der Waals surface area contributed by atoms with E-state index >= 15 is 0 Å². The van der Waals surface area contributed by atoms with Gasteiger partial charge in [0.1, 0.15) is 5.82 Å². The Morgan fingerprint density at radius 1 is 1.44 bits per heavy atom. The van der Waals surface area contributed by atoms with Gasteiger partial charge in [-0.25, -0.2) is 4.39 Å². The maximum Gasteiger partial charge on any atom is 0.239 e. The molecule has 1 rings (SSSR count). The van der Waals surface area contributed by atoms with Gasteiger partial charge < -0.3 is 15.4 Å². The number of nitrogens with one attached hydrogen (secondary N) is 2. The van der Waals surface area contributed by atoms with Gasteiger partial charge in [-0.05, 0) is 25.0 Å². The molecule has 1 aromatic rings. The van der Waals surface area contributed by atoms with Crippen LogP contribution in [-0.2, 0) is 9.53 Å². The van der Waals surface area contributed by atoms with Gasteiger partial charge in [0.15, 0.2) is 0 Å². The molecule has 0 bridgehead atoms. The Kier molecular flexibility index (Phi) is 6.14. The minimum atomic E-state index is -0.345. The average Bonchev–Trinajstić information content (AvgIpc) is 2.34. The first kappa shape index (κ1) is 14.4. The maximum absolute atomic E-state index is 13.4. The molecule has 0 saturated carbocycles. The fourth-order valence-electron chi connectivity index (χ4n) is 1.53. The van der Waals surface area contributed by atoms with Gasteiger partial charge in [-0.1, -0.05) is 12.1 Å². The Morgan fingerprint density at radius 2 is 2.22 bits per heavy atom. The highest BCUT2D eigenvalue weighted by molar-refractivity contribution is 5.80. The van der Waals surface area contributed by atoms with Crippen LogP contribution in [0.4, 0.5) is 10.1 Å². The monoisotopic (exact) mass is 254 g/mol. The summed E-state index contributed by atoms with van der Waals surface area (Å²) < 4.78 is 18.3. The fourth-order valence-corrected chi connectivity index (χ4v) is 1.53. The van der Waals surface area contributed by atoms with Gasteiger partial charge in [0.05, 0.1) is 12.2 Å². The fraction of sp³-hybridized carbons (Fsp3) is 0.462. The van der Waals surface area contributed by atoms with Gasteiger partial charge in [0.2, 0.25) is 5.91 Å². The average molecular weight is 254 g/mol. The molecule has 1 amide bonds. The second-order valence-corrected chi connectivity index (χ2v) is 3.98. The van der Waals surface area contributed by atoms with E-state index in [2.05, 4.69) is 10.6 Å². The molecule has 0 aliphatic rings. The van der Waals surface area contributed by atoms with E-state index < -0.39 is 0 Å². The largest absolute Gasteiger partial charge is 0.385 e. The number of hydrogen-bond acceptors (Lipinski definition) is 3. The lowest BCUT2D eigenvalue weighted by Crippen LogP contribution is -2.31. The molecular formula is C13H19FN2O2. The van der Waals surface area contributed by atoms with Gasteiger partial charge in [0, 0.05) is 20.3 Å². The molecule has 0 heterocycles. The van der Waals surface area contributed by atoms with Crippen molar-refractivity contribution in [1.82, 2.24) is 5.32 Å². The van der Waals surface area contributed by atoms with Crippen molar-refractivity contribution >= 4 is 11.6 Å². The van der Waals surface area contributed by atoms with Crippen molar-refractivity contribution in [3.8, 4) is 0 Å². The van der Waals surface area contributed by atoms with E-state index in [-0.39, 0.29) is 18.3 Å². The lowest BCUT2D eigenvalue weighted by molar-refractivity contribution is -0.119. The van der Waals surface area contributed by atoms with Crippen molar-refractivity contribution in [2.24, 2.45) is 0 Å². The van der Waals surface area contributed by atoms with Gasteiger partial charge in [-0.15, -0.1) is 0 Å². The lowest BCUT2D eigenvalue weighted by Gasteiger charge is -2.10. The van der Waals surface area contributed by atoms with Crippen molar-refractivity contribution < 1.29 is 13.9 Å². The van der Waals surface area contributed by atoms with Crippen LogP contribution in [0.5, 0.6) is 0 Å². The highest BCUT2D eigenvalue weighted by Crippen LogP contribution is 2.17. The smallest absolute Gasteiger partial charge is 0.239 e. The van der Waals surface area contributed by atoms with Crippen LogP contribution in [0.2, 0.25) is 0 Å². The summed E-state index contributed by atoms with van der Waals surface area (Å²) in [4.78, 5) is 11.5. The summed E-state index contributed by atoms with van der Waals surface area (Å²) in [5.41, 5.74) is 1.16. The highest BCUT2D eigenvalue weighted by Gasteiger charge is 2.06. The number of halogens is 1. The van der Waals surface area contributed by atoms with E-state index in [1.165, 1.54) is 6.07 Å². The van der Waals surface area contributed by atoms with Crippen LogP contribution in [0.1, 0.15) is 12.0 Å². The number of amides is 1. The molecule has 1 aromatic carbocycles. The quantitative estimate of drug-likeness (QED) is 0.728. The number of benzene rings is 1. The van der Waals surface area contributed by atoms with Crippen LogP contribution in [0, 0.1) is 12.7 Å². The molecule has 0 atom stereocenters. The Hall–Kier alpha value is -1.62. The molecule has 18 heavy (non-hydrogen) atoms. The van der Waals surface area contributed by atoms with Crippen LogP contribution in [0.3, 0.4) is 0 Å². The molecule has 2 N–H and O–H groups in total. The minimum Gasteiger partial charge on any atom is -0.385 e. The second-order valence-electron chi connectivity index (χ2n) is 3.98. The molecule has 0 fully saturated rings. The minimum absolute atomic E-state index is 0.0642. The molecule has 0 saturated heterocycles. The number of hydrogen-bond donors (Lipinski definition) is 2. The summed E-state index contributed by atoms with van der Waals surface area (Å²) in [7, 11) is 1.62. The van der Waals surface area contributed by atoms with E-state index in [4.69, 9.17) is 4.74 Å². The molecule has 0 spiro atoms. The first-order chi connectivity index (χ1) is 8.65. The topological polar surface area (TPSA) is 50.4 Å². The van der Waals surface area contributed by atoms with Gasteiger partial charge in [0.25, 0.3) is 0 Å². The lowest BCUT2D eigenvalue weighted by atomic mass is 10.2. The third-order valence-corrected chi connectivity index (χ3v) is 2.50. The van der Waals surface area contributed by atoms with Crippen molar-refractivity contribution in [3.05, 3.63) is 29.6 Å². The number of carbonyl (C=O) groups is 1. The van der Waals surface area contributed by atoms with Crippen molar-refractivity contribution in [2.75, 3.05) is 32.1 Å². The zero-order chi connectivity index (χ0) is 13.4. The third kappa shape index (κ3) is 4.71. The summed E-state index contributed by atoms with van der Waals surface area (Å²) in [5, 5.41) is 5.53. The van der Waals surface area contributed by atoms with E-state index in [1.54, 1.807) is 26.2 Å². The first-order valence-electron chi connectivity index (χ1n) is 5.89. The number of anilines is 1. The molecule has 0 aliphatic heterocycles. The second kappa shape index (κ2) is 7.66. The van der Waals surface area contributed by atoms with Crippen molar-refractivity contribution in [3.63, 3.8) is 0 Å². The zero-order valence-electron chi connectivity index (χ0n) is 10.8. The number of ether oxygens (including phenoxy) is 1. The molecule has 0 aliphatic carbocycles. The third-order valence-electron chi connectivity index (χ3n) is 2.50. The van der Waals surface area contributed by atoms with Crippen LogP contribution >= 0.6 is 0 Å². The molecule has 0 unspecified atom stereocenters. The number of methoxy groups -OCH3 is 1. The van der Waals surface area contributed by atoms with E-state index in [0.717, 1.165) is 12.0 Å². The van der Waals surface area contributed by atoms with E-state index in [1.807, 2.05) is 0 Å². The standard InChI is InChI=1S/C13H19FN2O2/c1-10-5-3-6-11(14)13(10)16-9-12(17)15-7-4-8-18-2/h3,5-6,16H,4,7-9H2,1-2H3,(H,15,17). The molecule has 0 radical (unpaired) electrons. The van der Waals surface area contributed by atoms with E-state index in [9.17, 15) is 9.18 Å². The van der Waals surface area contributed by atoms with Crippen molar-refractivity contribution in [2.45, 2.75) is 13.3 Å². The highest BCUT2D eigenvalue weighted by atomic mass is 19.1. The number of para-hydroxylation sites is 1. The number of aryl methyl sites for hydroxylation is 1. The number of carbonyl (C=O) groups excluding carboxylic acids is 1. The Balaban J connectivity index is 2.34. The Morgan fingerprint density at radius 3 is 2.89 bits per heavy atom. The molecular weight excluding hydrogens is 235 g/mol. The summed E-state index contributed by atoms with van der Waals surface area (Å²) in [6, 6.07) is 4.80. The summed E-state index contributed by atoms with van der Waals surface area (Å²) >= 11 is 0. The summed E-state index contributed by atoms with van der Waals surface area (Å²) in [5.74, 6) is -0.504. The predicted molar refractivity (Wildman–Crippen MR) is 69.1 cm³/mol. The van der Waals surface area contributed by atoms with Crippen LogP contribution < -0.4 is 10.6 Å². The van der Waals surface area contributed by atoms with Gasteiger partial charge in [-0.2, -0.15) is 0 Å². The molecule has 4 nitrogen and oxygen atoms in total. The van der Waals surface area contributed by atoms with Crippen LogP contribution in [0.25, 0.3) is 0 Å². The number of rotatable bonds is 7. The SMILES string of the molecule is COCCCNC(=O)CNc1c(C)cccc1F. The summed E-state index contributed by atoms with van der Waals surface area (Å²) in [6.45, 7) is 3.03. The Labute approximate surface area is 107 Å². The zero-order valence-corrected chi connectivity index (χ0v) is 10.8. The summed E-state index contributed by atoms with van der Waals surface area (Å²) in [6.07, 6.45) is 0.765. The first-order valence-corrected chi connectivity index (χ1v) is 5.89. The van der Waals surface area contributed by atoms with Gasteiger partial charge >= 0.3 is 0 Å². The van der Waals surface area contributed by atoms with Crippen LogP contribution in [0.15, 0.2) is 18.2 Å². The van der Waals surface area contributed by atoms with E-state index in [0.29, 0.717) is 18.8 Å². The van der Waals surface area contributed by atoms with Crippen LogP contribution in [-0.4, -0.2) is 32.7 Å². The predicted octanol–water partition coefficient (Wildman–Crippen LogP) is 1.70. The Bertz CT molecular complexity index is 376. The molecule has 0 aromatic heterocycles. The maximum atomic E-state index is 13.4. The van der Waals surface area contributed by atoms with Crippen molar-refractivity contribution in [1.29, 1.82) is 0 Å². The normalized spacial score (nSPS) is 10.2. The van der Waals surface area contributed by atoms with Gasteiger partial charge in [-0.3, -0.25) is 4.79 Å².